The Bertz CT molecular complexity index is 760. The first-order valence-electron chi connectivity index (χ1n) is 8.73. The average Bonchev–Trinajstić information content (AvgIpc) is 3.46. The Morgan fingerprint density at radius 3 is 2.46 bits per heavy atom. The van der Waals surface area contributed by atoms with Crippen molar-refractivity contribution in [1.29, 1.82) is 0 Å². The number of aromatic nitrogens is 1. The van der Waals surface area contributed by atoms with Crippen LogP contribution in [0.4, 0.5) is 4.79 Å². The van der Waals surface area contributed by atoms with E-state index >= 15 is 0 Å². The minimum atomic E-state index is -0.304. The van der Waals surface area contributed by atoms with Crippen molar-refractivity contribution in [3.63, 3.8) is 0 Å². The number of benzene rings is 1. The summed E-state index contributed by atoms with van der Waals surface area (Å²) in [5, 5.41) is 3.19. The summed E-state index contributed by atoms with van der Waals surface area (Å²) in [6, 6.07) is 9.70. The summed E-state index contributed by atoms with van der Waals surface area (Å²) in [4.78, 5) is 18.4. The van der Waals surface area contributed by atoms with Gasteiger partial charge in [0.2, 0.25) is 0 Å². The molecule has 0 atom stereocenters. The predicted octanol–water partition coefficient (Wildman–Crippen LogP) is 2.97. The lowest BCUT2D eigenvalue weighted by molar-refractivity contribution is 0.203. The van der Waals surface area contributed by atoms with Crippen molar-refractivity contribution in [2.75, 3.05) is 27.8 Å². The lowest BCUT2D eigenvalue weighted by Crippen LogP contribution is -2.43. The van der Waals surface area contributed by atoms with Crippen LogP contribution in [0, 0.1) is 0 Å². The van der Waals surface area contributed by atoms with Gasteiger partial charge in [-0.05, 0) is 54.7 Å². The number of methoxy groups -OCH3 is 2. The number of nitrogens with zero attached hydrogens (tertiary/aromatic N) is 2. The maximum absolute atomic E-state index is 12.6. The molecule has 6 nitrogen and oxygen atoms in total. The Morgan fingerprint density at radius 2 is 1.85 bits per heavy atom. The zero-order valence-electron chi connectivity index (χ0n) is 15.5. The molecule has 0 bridgehead atoms. The van der Waals surface area contributed by atoms with E-state index in [4.69, 9.17) is 9.47 Å². The van der Waals surface area contributed by atoms with Crippen LogP contribution in [0.3, 0.4) is 0 Å². The number of carbonyl (C=O) groups excluding carboxylic acids is 1. The first-order valence-corrected chi connectivity index (χ1v) is 8.73. The summed E-state index contributed by atoms with van der Waals surface area (Å²) >= 11 is 0. The number of likely N-dealkylation sites (N-methyl/N-ethyl adjacent to an activating group) is 1. The fraction of sp³-hybridized carbons (Fsp3) is 0.400. The van der Waals surface area contributed by atoms with E-state index in [9.17, 15) is 4.79 Å². The van der Waals surface area contributed by atoms with Gasteiger partial charge in [0, 0.05) is 26.0 Å². The molecular formula is C20H25N3O3. The minimum Gasteiger partial charge on any atom is -0.493 e. The zero-order chi connectivity index (χ0) is 18.6. The summed E-state index contributed by atoms with van der Waals surface area (Å²) < 4.78 is 10.7. The van der Waals surface area contributed by atoms with E-state index in [1.165, 1.54) is 5.56 Å². The Kier molecular flexibility index (Phi) is 5.30. The lowest BCUT2D eigenvalue weighted by Gasteiger charge is -2.24. The molecule has 1 N–H and O–H groups in total. The predicted molar refractivity (Wildman–Crippen MR) is 99.6 cm³/mol. The molecule has 0 spiro atoms. The number of hydrogen-bond donors (Lipinski definition) is 1. The third-order valence-electron chi connectivity index (χ3n) is 4.86. The van der Waals surface area contributed by atoms with Gasteiger partial charge in [-0.3, -0.25) is 4.98 Å². The molecule has 1 saturated carbocycles. The Hall–Kier alpha value is -2.76. The second-order valence-electron chi connectivity index (χ2n) is 6.61. The molecule has 2 aromatic rings. The number of ether oxygens (including phenoxy) is 2. The van der Waals surface area contributed by atoms with E-state index in [0.29, 0.717) is 18.0 Å². The number of nitrogens with one attached hydrogen (secondary N) is 1. The first kappa shape index (κ1) is 18.0. The van der Waals surface area contributed by atoms with E-state index in [0.717, 1.165) is 24.8 Å². The summed E-state index contributed by atoms with van der Waals surface area (Å²) in [7, 11) is 5.05. The molecule has 1 aliphatic rings. The topological polar surface area (TPSA) is 63.7 Å². The summed E-state index contributed by atoms with van der Waals surface area (Å²) in [6.45, 7) is 0.651. The SMILES string of the molecule is COc1ccc(C2(NC(=O)N(C)CCc3ccncc3)CC2)cc1OC. The molecular weight excluding hydrogens is 330 g/mol. The van der Waals surface area contributed by atoms with Crippen molar-refractivity contribution in [2.45, 2.75) is 24.8 Å². The van der Waals surface area contributed by atoms with Gasteiger partial charge in [-0.15, -0.1) is 0 Å². The minimum absolute atomic E-state index is 0.0636. The number of rotatable bonds is 7. The van der Waals surface area contributed by atoms with E-state index in [2.05, 4.69) is 10.3 Å². The normalized spacial score (nSPS) is 14.4. The smallest absolute Gasteiger partial charge is 0.317 e. The van der Waals surface area contributed by atoms with Crippen LogP contribution < -0.4 is 14.8 Å². The quantitative estimate of drug-likeness (QED) is 0.829. The van der Waals surface area contributed by atoms with E-state index < -0.39 is 0 Å². The molecule has 2 amide bonds. The Balaban J connectivity index is 1.63. The second kappa shape index (κ2) is 7.64. The van der Waals surface area contributed by atoms with Gasteiger partial charge in [0.25, 0.3) is 0 Å². The molecule has 3 rings (SSSR count). The molecule has 0 radical (unpaired) electrons. The van der Waals surface area contributed by atoms with E-state index in [1.54, 1.807) is 31.5 Å². The van der Waals surface area contributed by atoms with Gasteiger partial charge in [-0.1, -0.05) is 6.07 Å². The fourth-order valence-corrected chi connectivity index (χ4v) is 2.99. The molecule has 6 heteroatoms. The molecule has 1 aromatic heterocycles. The van der Waals surface area contributed by atoms with Crippen LogP contribution in [0.25, 0.3) is 0 Å². The lowest BCUT2D eigenvalue weighted by atomic mass is 10.0. The van der Waals surface area contributed by atoms with Crippen LogP contribution in [0.15, 0.2) is 42.7 Å². The summed E-state index contributed by atoms with van der Waals surface area (Å²) in [5.41, 5.74) is 1.91. The molecule has 0 unspecified atom stereocenters. The monoisotopic (exact) mass is 355 g/mol. The number of amides is 2. The van der Waals surface area contributed by atoms with Crippen molar-refractivity contribution in [3.05, 3.63) is 53.9 Å². The highest BCUT2D eigenvalue weighted by atomic mass is 16.5. The van der Waals surface area contributed by atoms with Crippen molar-refractivity contribution in [1.82, 2.24) is 15.2 Å². The van der Waals surface area contributed by atoms with Crippen LogP contribution in [0.2, 0.25) is 0 Å². The third-order valence-corrected chi connectivity index (χ3v) is 4.86. The standard InChI is InChI=1S/C20H25N3O3/c1-23(13-8-15-6-11-21-12-7-15)19(24)22-20(9-10-20)16-4-5-17(25-2)18(14-16)26-3/h4-7,11-12,14H,8-10,13H2,1-3H3,(H,22,24). The Labute approximate surface area is 154 Å². The molecule has 138 valence electrons. The number of carbonyl (C=O) groups is 1. The van der Waals surface area contributed by atoms with Crippen molar-refractivity contribution in [2.24, 2.45) is 0 Å². The third kappa shape index (κ3) is 3.90. The average molecular weight is 355 g/mol. The molecule has 26 heavy (non-hydrogen) atoms. The molecule has 1 aromatic carbocycles. The first-order chi connectivity index (χ1) is 12.6. The van der Waals surface area contributed by atoms with Crippen molar-refractivity contribution >= 4 is 6.03 Å². The maximum atomic E-state index is 12.6. The van der Waals surface area contributed by atoms with Gasteiger partial charge < -0.3 is 19.7 Å². The summed E-state index contributed by atoms with van der Waals surface area (Å²) in [5.74, 6) is 1.37. The molecule has 0 saturated heterocycles. The van der Waals surface area contributed by atoms with Gasteiger partial charge in [0.05, 0.1) is 19.8 Å². The number of urea groups is 1. The molecule has 1 heterocycles. The van der Waals surface area contributed by atoms with Gasteiger partial charge >= 0.3 is 6.03 Å². The van der Waals surface area contributed by atoms with Gasteiger partial charge in [-0.25, -0.2) is 4.79 Å². The van der Waals surface area contributed by atoms with Crippen molar-refractivity contribution in [3.8, 4) is 11.5 Å². The number of pyridine rings is 1. The van der Waals surface area contributed by atoms with Gasteiger partial charge in [-0.2, -0.15) is 0 Å². The maximum Gasteiger partial charge on any atom is 0.317 e. The van der Waals surface area contributed by atoms with Crippen LogP contribution in [0.5, 0.6) is 11.5 Å². The van der Waals surface area contributed by atoms with Crippen LogP contribution in [0.1, 0.15) is 24.0 Å². The summed E-state index contributed by atoms with van der Waals surface area (Å²) in [6.07, 6.45) is 6.19. The van der Waals surface area contributed by atoms with Crippen LogP contribution in [-0.2, 0) is 12.0 Å². The molecule has 0 aliphatic heterocycles. The fourth-order valence-electron chi connectivity index (χ4n) is 2.99. The highest BCUT2D eigenvalue weighted by molar-refractivity contribution is 5.75. The van der Waals surface area contributed by atoms with Crippen LogP contribution >= 0.6 is 0 Å². The van der Waals surface area contributed by atoms with Gasteiger partial charge in [0.15, 0.2) is 11.5 Å². The van der Waals surface area contributed by atoms with Crippen molar-refractivity contribution < 1.29 is 14.3 Å². The largest absolute Gasteiger partial charge is 0.493 e. The second-order valence-corrected chi connectivity index (χ2v) is 6.61. The van der Waals surface area contributed by atoms with Crippen LogP contribution in [-0.4, -0.2) is 43.7 Å². The highest BCUT2D eigenvalue weighted by Gasteiger charge is 2.46. The zero-order valence-corrected chi connectivity index (χ0v) is 15.5. The van der Waals surface area contributed by atoms with E-state index in [-0.39, 0.29) is 11.6 Å². The van der Waals surface area contributed by atoms with Gasteiger partial charge in [0.1, 0.15) is 0 Å². The Morgan fingerprint density at radius 1 is 1.15 bits per heavy atom. The molecule has 1 aliphatic carbocycles. The number of hydrogen-bond acceptors (Lipinski definition) is 4. The highest BCUT2D eigenvalue weighted by Crippen LogP contribution is 2.47. The molecule has 1 fully saturated rings. The van der Waals surface area contributed by atoms with E-state index in [1.807, 2.05) is 37.4 Å².